The molecule has 0 radical (unpaired) electrons. The van der Waals surface area contributed by atoms with Crippen LogP contribution in [-0.4, -0.2) is 18.5 Å². The van der Waals surface area contributed by atoms with Gasteiger partial charge in [-0.3, -0.25) is 0 Å². The molecule has 0 spiro atoms. The summed E-state index contributed by atoms with van der Waals surface area (Å²) in [7, 11) is 1.47. The molecule has 0 aromatic heterocycles. The molecule has 0 aromatic rings. The van der Waals surface area contributed by atoms with Crippen LogP contribution in [-0.2, 0) is 8.92 Å². The molecule has 1 heterocycles. The van der Waals surface area contributed by atoms with Gasteiger partial charge < -0.3 is 8.92 Å². The average Bonchev–Trinajstić information content (AvgIpc) is 1.94. The number of carbonyl (C=O) groups is 1. The smallest absolute Gasteiger partial charge is 0.433 e. The molecule has 0 bridgehead atoms. The summed E-state index contributed by atoms with van der Waals surface area (Å²) >= 11 is 1.07. The van der Waals surface area contributed by atoms with Crippen molar-refractivity contribution in [3.63, 3.8) is 0 Å². The van der Waals surface area contributed by atoms with E-state index < -0.39 is 6.16 Å². The maximum Gasteiger partial charge on any atom is 0.521 e. The summed E-state index contributed by atoms with van der Waals surface area (Å²) in [6, 6.07) is 0. The van der Waals surface area contributed by atoms with Crippen LogP contribution in [0.3, 0.4) is 0 Å². The molecule has 0 unspecified atom stereocenters. The Kier molecular flexibility index (Phi) is 2.35. The molecule has 5 heteroatoms. The first-order valence-corrected chi connectivity index (χ1v) is 4.27. The molecular weight excluding hydrogens is 148 g/mol. The lowest BCUT2D eigenvalue weighted by Crippen LogP contribution is -2.01. The van der Waals surface area contributed by atoms with Gasteiger partial charge in [0.2, 0.25) is 0 Å². The Balaban J connectivity index is 2.27. The zero-order chi connectivity index (χ0) is 5.82. The van der Waals surface area contributed by atoms with Gasteiger partial charge in [0.05, 0.1) is 0 Å². The predicted molar refractivity (Wildman–Crippen MR) is 32.5 cm³/mol. The van der Waals surface area contributed by atoms with Crippen LogP contribution < -0.4 is 0 Å². The van der Waals surface area contributed by atoms with Gasteiger partial charge in [0.1, 0.15) is 17.7 Å². The maximum atomic E-state index is 10.2. The summed E-state index contributed by atoms with van der Waals surface area (Å²) in [6.45, 7) is 0.455. The summed E-state index contributed by atoms with van der Waals surface area (Å²) in [5.74, 6) is 0.802. The van der Waals surface area contributed by atoms with Crippen LogP contribution in [0, 0.1) is 0 Å². The second-order valence-electron chi connectivity index (χ2n) is 1.07. The van der Waals surface area contributed by atoms with Crippen molar-refractivity contribution in [2.75, 3.05) is 12.4 Å². The second-order valence-corrected chi connectivity index (χ2v) is 3.13. The van der Waals surface area contributed by atoms with Crippen LogP contribution in [0.5, 0.6) is 0 Å². The van der Waals surface area contributed by atoms with Gasteiger partial charge >= 0.3 is 6.16 Å². The molecule has 0 amide bonds. The number of hydrogen-bond acceptors (Lipinski definition) is 5. The van der Waals surface area contributed by atoms with Gasteiger partial charge in [0.25, 0.3) is 0 Å². The number of carbonyl (C=O) groups excluding carboxylic acids is 1. The molecule has 0 atom stereocenters. The van der Waals surface area contributed by atoms with Crippen molar-refractivity contribution in [2.45, 2.75) is 0 Å². The van der Waals surface area contributed by atoms with E-state index in [4.69, 9.17) is 0 Å². The predicted octanol–water partition coefficient (Wildman–Crippen LogP) is 1.45. The average molecular weight is 152 g/mol. The fourth-order valence-corrected chi connectivity index (χ4v) is 1.36. The lowest BCUT2D eigenvalue weighted by atomic mass is 10.9. The molecule has 46 valence electrons. The van der Waals surface area contributed by atoms with E-state index in [1.807, 2.05) is 0 Å². The fourth-order valence-electron chi connectivity index (χ4n) is 0.269. The summed E-state index contributed by atoms with van der Waals surface area (Å²) in [4.78, 5) is 10.2. The monoisotopic (exact) mass is 152 g/mol. The lowest BCUT2D eigenvalue weighted by molar-refractivity contribution is 0.114. The van der Waals surface area contributed by atoms with Crippen molar-refractivity contribution >= 4 is 28.0 Å². The molecule has 1 aliphatic rings. The highest BCUT2D eigenvalue weighted by Crippen LogP contribution is 2.24. The maximum absolute atomic E-state index is 10.2. The van der Waals surface area contributed by atoms with Crippen LogP contribution in [0.2, 0.25) is 0 Å². The van der Waals surface area contributed by atoms with Crippen LogP contribution in [0.4, 0.5) is 4.79 Å². The standard InChI is InChI=1S/C3H4O3S2/c4-3-5-1-2-7-8-6-3/h1-2H2. The van der Waals surface area contributed by atoms with E-state index in [0.29, 0.717) is 6.61 Å². The van der Waals surface area contributed by atoms with Gasteiger partial charge in [-0.15, -0.1) is 0 Å². The highest BCUT2D eigenvalue weighted by Gasteiger charge is 2.08. The van der Waals surface area contributed by atoms with Crippen molar-refractivity contribution in [2.24, 2.45) is 0 Å². The van der Waals surface area contributed by atoms with Crippen LogP contribution in [0.1, 0.15) is 0 Å². The number of hydrogen-bond donors (Lipinski definition) is 0. The van der Waals surface area contributed by atoms with Gasteiger partial charge in [-0.05, 0) is 10.8 Å². The zero-order valence-electron chi connectivity index (χ0n) is 3.96. The fraction of sp³-hybridized carbons (Fsp3) is 0.667. The van der Waals surface area contributed by atoms with Crippen LogP contribution in [0.15, 0.2) is 0 Å². The molecule has 0 saturated carbocycles. The topological polar surface area (TPSA) is 35.5 Å². The molecule has 3 nitrogen and oxygen atoms in total. The summed E-state index contributed by atoms with van der Waals surface area (Å²) in [5, 5.41) is 0. The summed E-state index contributed by atoms with van der Waals surface area (Å²) < 4.78 is 8.92. The van der Waals surface area contributed by atoms with E-state index in [-0.39, 0.29) is 0 Å². The van der Waals surface area contributed by atoms with Gasteiger partial charge in [-0.25, -0.2) is 4.79 Å². The Labute approximate surface area is 54.7 Å². The normalized spacial score (nSPS) is 20.8. The van der Waals surface area contributed by atoms with Crippen molar-refractivity contribution in [3.05, 3.63) is 0 Å². The largest absolute Gasteiger partial charge is 0.521 e. The van der Waals surface area contributed by atoms with Gasteiger partial charge in [-0.1, -0.05) is 0 Å². The Morgan fingerprint density at radius 2 is 2.50 bits per heavy atom. The molecule has 0 N–H and O–H groups in total. The first-order chi connectivity index (χ1) is 3.89. The van der Waals surface area contributed by atoms with Crippen molar-refractivity contribution < 1.29 is 13.7 Å². The number of cyclic esters (lactones) is 1. The first-order valence-electron chi connectivity index (χ1n) is 2.02. The Bertz CT molecular complexity index is 84.5. The highest BCUT2D eigenvalue weighted by atomic mass is 33.1. The number of rotatable bonds is 0. The van der Waals surface area contributed by atoms with Crippen molar-refractivity contribution in [3.8, 4) is 0 Å². The van der Waals surface area contributed by atoms with Gasteiger partial charge in [-0.2, -0.15) is 0 Å². The van der Waals surface area contributed by atoms with Crippen molar-refractivity contribution in [1.29, 1.82) is 0 Å². The van der Waals surface area contributed by atoms with E-state index in [0.717, 1.165) is 16.8 Å². The van der Waals surface area contributed by atoms with Crippen molar-refractivity contribution in [1.82, 2.24) is 0 Å². The lowest BCUT2D eigenvalue weighted by Gasteiger charge is -1.92. The summed E-state index contributed by atoms with van der Waals surface area (Å²) in [5.41, 5.74) is 0. The van der Waals surface area contributed by atoms with E-state index >= 15 is 0 Å². The minimum Gasteiger partial charge on any atom is -0.433 e. The van der Waals surface area contributed by atoms with E-state index in [1.165, 1.54) is 10.8 Å². The van der Waals surface area contributed by atoms with Gasteiger partial charge in [0, 0.05) is 5.75 Å². The Morgan fingerprint density at radius 3 is 3.38 bits per heavy atom. The SMILES string of the molecule is O=C1OCCSSO1. The molecule has 0 aromatic carbocycles. The quantitative estimate of drug-likeness (QED) is 0.298. The third-order valence-electron chi connectivity index (χ3n) is 0.537. The minimum atomic E-state index is -0.583. The van der Waals surface area contributed by atoms with Crippen LogP contribution >= 0.6 is 21.9 Å². The van der Waals surface area contributed by atoms with Gasteiger partial charge in [0.15, 0.2) is 0 Å². The summed E-state index contributed by atoms with van der Waals surface area (Å²) in [6.07, 6.45) is -0.583. The van der Waals surface area contributed by atoms with E-state index in [2.05, 4.69) is 8.92 Å². The molecule has 8 heavy (non-hydrogen) atoms. The zero-order valence-corrected chi connectivity index (χ0v) is 5.59. The third kappa shape index (κ3) is 1.83. The first kappa shape index (κ1) is 6.10. The van der Waals surface area contributed by atoms with E-state index in [1.54, 1.807) is 0 Å². The second kappa shape index (κ2) is 3.09. The molecule has 0 aliphatic carbocycles. The Morgan fingerprint density at radius 1 is 1.62 bits per heavy atom. The molecule has 1 saturated heterocycles. The molecular formula is C3H4O3S2. The number of ether oxygens (including phenoxy) is 1. The molecule has 1 rings (SSSR count). The highest BCUT2D eigenvalue weighted by molar-refractivity contribution is 8.75. The Hall–Kier alpha value is -0.0300. The molecule has 1 aliphatic heterocycles. The van der Waals surface area contributed by atoms with Crippen LogP contribution in [0.25, 0.3) is 0 Å². The minimum absolute atomic E-state index is 0.455. The van der Waals surface area contributed by atoms with E-state index in [9.17, 15) is 4.79 Å². The molecule has 1 fully saturated rings. The third-order valence-corrected chi connectivity index (χ3v) is 2.16.